The largest absolute Gasteiger partial charge is 0.369 e. The van der Waals surface area contributed by atoms with Gasteiger partial charge in [-0.2, -0.15) is 21.4 Å². The maximum atomic E-state index is 12.8. The second-order valence-electron chi connectivity index (χ2n) is 16.5. The zero-order valence-electron chi connectivity index (χ0n) is 35.4. The molecule has 4 amide bonds. The molecular weight excluding hydrogens is 843 g/mol. The number of anilines is 1. The van der Waals surface area contributed by atoms with Gasteiger partial charge in [0.2, 0.25) is 29.3 Å². The maximum absolute atomic E-state index is 12.8. The molecule has 0 saturated carbocycles. The van der Waals surface area contributed by atoms with E-state index < -0.39 is 48.1 Å². The number of fused-ring (bicyclic) bond motifs is 2. The summed E-state index contributed by atoms with van der Waals surface area (Å²) < 4.78 is 69.6. The van der Waals surface area contributed by atoms with Gasteiger partial charge in [0.15, 0.2) is 5.71 Å². The number of primary amides is 1. The lowest BCUT2D eigenvalue weighted by Crippen LogP contribution is -2.39. The van der Waals surface area contributed by atoms with E-state index in [1.165, 1.54) is 36.0 Å². The number of nitrogens with zero attached hydrogens (tertiary/aromatic N) is 3. The number of likely N-dealkylation sites (tertiary alicyclic amines) is 1. The third-order valence-corrected chi connectivity index (χ3v) is 14.7. The summed E-state index contributed by atoms with van der Waals surface area (Å²) in [4.78, 5) is 52.1. The Morgan fingerprint density at radius 3 is 2.21 bits per heavy atom. The summed E-state index contributed by atoms with van der Waals surface area (Å²) in [6.45, 7) is 13.0. The number of nitrogens with two attached hydrogens (primary N) is 1. The number of carbonyl (C=O) groups is 4. The number of amides is 4. The third kappa shape index (κ3) is 10.5. The average molecular weight is 899 g/mol. The van der Waals surface area contributed by atoms with Crippen molar-refractivity contribution in [3.05, 3.63) is 83.6 Å². The van der Waals surface area contributed by atoms with E-state index in [2.05, 4.69) is 14.8 Å². The van der Waals surface area contributed by atoms with Crippen LogP contribution in [-0.4, -0.2) is 102 Å². The van der Waals surface area contributed by atoms with Crippen molar-refractivity contribution in [1.29, 1.82) is 0 Å². The quantitative estimate of drug-likeness (QED) is 0.0479. The number of benzene rings is 2. The van der Waals surface area contributed by atoms with Gasteiger partial charge in [-0.1, -0.05) is 45.4 Å². The Kier molecular flexibility index (Phi) is 14.6. The van der Waals surface area contributed by atoms with Crippen LogP contribution in [0.3, 0.4) is 0 Å². The van der Waals surface area contributed by atoms with Gasteiger partial charge in [-0.25, -0.2) is 0 Å². The summed E-state index contributed by atoms with van der Waals surface area (Å²) >= 11 is 1.24. The van der Waals surface area contributed by atoms with E-state index in [4.69, 9.17) is 5.73 Å². The zero-order chi connectivity index (χ0) is 45.1. The number of thioether (sulfide) groups is 1. The van der Waals surface area contributed by atoms with E-state index in [9.17, 15) is 45.1 Å². The van der Waals surface area contributed by atoms with E-state index in [1.807, 2.05) is 65.0 Å². The van der Waals surface area contributed by atoms with Crippen LogP contribution in [-0.2, 0) is 50.2 Å². The van der Waals surface area contributed by atoms with Crippen LogP contribution in [0.5, 0.6) is 0 Å². The number of nitrogens with one attached hydrogen (secondary N) is 1. The summed E-state index contributed by atoms with van der Waals surface area (Å²) in [5.74, 6) is -1.38. The molecule has 0 bridgehead atoms. The van der Waals surface area contributed by atoms with Crippen LogP contribution in [0.2, 0.25) is 0 Å². The second-order valence-corrected chi connectivity index (χ2v) is 20.6. The molecule has 61 heavy (non-hydrogen) atoms. The lowest BCUT2D eigenvalue weighted by atomic mass is 9.81. The Balaban J connectivity index is 1.21. The topological polar surface area (TPSA) is 225 Å². The first kappa shape index (κ1) is 47.4. The monoisotopic (exact) mass is 898 g/mol. The van der Waals surface area contributed by atoms with E-state index in [0.717, 1.165) is 38.8 Å². The fourth-order valence-corrected chi connectivity index (χ4v) is 10.3. The SMILES string of the molecule is CC[N+]1=C(/C=C/C=C/C=C2/N(CCCCCC(=O)NCCN3C(=O)CC(SC[C@@H](C)C(N)=O)C3=O)c3ccc(S(=O)(=O)O)cc3C2(C)C)C(C)(C)c2cc(S(=O)(=O)O)ccc21. The molecule has 2 aromatic carbocycles. The predicted molar refractivity (Wildman–Crippen MR) is 235 cm³/mol. The first-order valence-corrected chi connectivity index (χ1v) is 24.2. The first-order valence-electron chi connectivity index (χ1n) is 20.2. The standard InChI is InChI=1S/C43H55N5O10S3/c1-7-46-33-19-17-29(60(53,54)55)24-31(33)42(3,4)36(46)14-10-8-11-15-37-43(5,6)32-25-30(61(56,57)58)18-20-34(32)47(37)22-13-9-12-16-38(49)45-21-23-48-39(50)26-35(41(48)52)59-27-28(2)40(44)51/h8,10-11,14-15,17-20,24-25,28,35H,7,9,12-13,16,21-23,26-27H2,1-6H3,(H4-,44,45,49,51,53,54,55,56,57,58)/p+1/t28-,35?/m1/s1. The summed E-state index contributed by atoms with van der Waals surface area (Å²) in [5.41, 5.74) is 9.15. The van der Waals surface area contributed by atoms with Gasteiger partial charge in [-0.15, -0.1) is 11.8 Å². The average Bonchev–Trinajstić information content (AvgIpc) is 3.67. The highest BCUT2D eigenvalue weighted by atomic mass is 32.2. The lowest BCUT2D eigenvalue weighted by molar-refractivity contribution is -0.433. The number of imide groups is 1. The summed E-state index contributed by atoms with van der Waals surface area (Å²) in [5, 5.41) is 2.23. The van der Waals surface area contributed by atoms with Gasteiger partial charge in [-0.05, 0) is 75.6 Å². The molecule has 0 aliphatic carbocycles. The molecule has 0 spiro atoms. The van der Waals surface area contributed by atoms with Crippen molar-refractivity contribution in [1.82, 2.24) is 10.2 Å². The van der Waals surface area contributed by atoms with Crippen LogP contribution >= 0.6 is 11.8 Å². The van der Waals surface area contributed by atoms with E-state index in [1.54, 1.807) is 19.1 Å². The zero-order valence-corrected chi connectivity index (χ0v) is 37.8. The molecule has 2 atom stereocenters. The molecule has 3 aliphatic rings. The maximum Gasteiger partial charge on any atom is 0.294 e. The van der Waals surface area contributed by atoms with E-state index in [-0.39, 0.29) is 53.4 Å². The van der Waals surface area contributed by atoms with Crippen molar-refractivity contribution in [2.24, 2.45) is 11.7 Å². The molecule has 2 aromatic rings. The number of hydrogen-bond donors (Lipinski definition) is 4. The number of hydrogen-bond acceptors (Lipinski definition) is 10. The van der Waals surface area contributed by atoms with E-state index in [0.29, 0.717) is 38.1 Å². The van der Waals surface area contributed by atoms with Crippen molar-refractivity contribution in [2.45, 2.75) is 99.5 Å². The minimum atomic E-state index is -4.45. The molecule has 5 N–H and O–H groups in total. The molecule has 0 aromatic heterocycles. The summed E-state index contributed by atoms with van der Waals surface area (Å²) in [6, 6.07) is 9.20. The minimum Gasteiger partial charge on any atom is -0.369 e. The molecule has 330 valence electrons. The van der Waals surface area contributed by atoms with Gasteiger partial charge in [0.1, 0.15) is 6.54 Å². The Bertz CT molecular complexity index is 2440. The highest BCUT2D eigenvalue weighted by Crippen LogP contribution is 2.48. The number of rotatable bonds is 19. The van der Waals surface area contributed by atoms with Gasteiger partial charge < -0.3 is 16.0 Å². The van der Waals surface area contributed by atoms with Gasteiger partial charge in [-0.3, -0.25) is 33.2 Å². The predicted octanol–water partition coefficient (Wildman–Crippen LogP) is 5.03. The van der Waals surface area contributed by atoms with Crippen LogP contribution in [0.4, 0.5) is 11.4 Å². The van der Waals surface area contributed by atoms with Crippen molar-refractivity contribution in [3.8, 4) is 0 Å². The fourth-order valence-electron chi connectivity index (χ4n) is 8.06. The molecule has 5 rings (SSSR count). The molecule has 1 saturated heterocycles. The van der Waals surface area contributed by atoms with Gasteiger partial charge >= 0.3 is 0 Å². The lowest BCUT2D eigenvalue weighted by Gasteiger charge is -2.27. The van der Waals surface area contributed by atoms with Crippen LogP contribution in [0, 0.1) is 5.92 Å². The molecule has 3 heterocycles. The molecule has 3 aliphatic heterocycles. The van der Waals surface area contributed by atoms with Crippen molar-refractivity contribution in [2.75, 3.05) is 36.8 Å². The molecular formula is C43H56N5O10S3+. The Labute approximate surface area is 362 Å². The van der Waals surface area contributed by atoms with Gasteiger partial charge in [0, 0.05) is 78.7 Å². The molecule has 18 heteroatoms. The number of carbonyl (C=O) groups excluding carboxylic acids is 4. The van der Waals surface area contributed by atoms with Crippen molar-refractivity contribution >= 4 is 72.7 Å². The first-order chi connectivity index (χ1) is 28.5. The van der Waals surface area contributed by atoms with Crippen molar-refractivity contribution in [3.63, 3.8) is 0 Å². The molecule has 1 fully saturated rings. The second kappa shape index (κ2) is 18.8. The van der Waals surface area contributed by atoms with Crippen LogP contribution in [0.25, 0.3) is 0 Å². The Hall–Kier alpha value is -4.62. The highest BCUT2D eigenvalue weighted by Gasteiger charge is 2.45. The number of unbranched alkanes of at least 4 members (excludes halogenated alkanes) is 2. The van der Waals surface area contributed by atoms with Crippen LogP contribution < -0.4 is 16.0 Å². The molecule has 0 radical (unpaired) electrons. The van der Waals surface area contributed by atoms with Gasteiger partial charge in [0.25, 0.3) is 20.2 Å². The summed E-state index contributed by atoms with van der Waals surface area (Å²) in [7, 11) is -8.82. The van der Waals surface area contributed by atoms with Gasteiger partial charge in [0.05, 0.1) is 20.5 Å². The fraction of sp³-hybridized carbons (Fsp3) is 0.465. The molecule has 1 unspecified atom stereocenters. The van der Waals surface area contributed by atoms with E-state index >= 15 is 0 Å². The van der Waals surface area contributed by atoms with Crippen LogP contribution in [0.1, 0.15) is 84.8 Å². The van der Waals surface area contributed by atoms with Crippen molar-refractivity contribution < 1.29 is 49.7 Å². The summed E-state index contributed by atoms with van der Waals surface area (Å²) in [6.07, 6.45) is 11.9. The normalized spacial score (nSPS) is 19.7. The minimum absolute atomic E-state index is 0.0472. The smallest absolute Gasteiger partial charge is 0.294 e. The Morgan fingerprint density at radius 1 is 0.918 bits per heavy atom. The molecule has 15 nitrogen and oxygen atoms in total. The van der Waals surface area contributed by atoms with Crippen LogP contribution in [0.15, 0.2) is 82.3 Å². The third-order valence-electron chi connectivity index (χ3n) is 11.5. The Morgan fingerprint density at radius 2 is 1.57 bits per heavy atom. The highest BCUT2D eigenvalue weighted by molar-refractivity contribution is 8.00. The number of allylic oxidation sites excluding steroid dienone is 6.